The quantitative estimate of drug-likeness (QED) is 0.805. The molecule has 1 saturated carbocycles. The van der Waals surface area contributed by atoms with Gasteiger partial charge in [0.2, 0.25) is 0 Å². The zero-order valence-electron chi connectivity index (χ0n) is 13.0. The number of nitrogens with zero attached hydrogens (tertiary/aromatic N) is 1. The number of anilines is 2. The highest BCUT2D eigenvalue weighted by molar-refractivity contribution is 6.34. The average Bonchev–Trinajstić information content (AvgIpc) is 2.41. The van der Waals surface area contributed by atoms with Gasteiger partial charge in [-0.25, -0.2) is 0 Å². The minimum Gasteiger partial charge on any atom is -0.381 e. The molecule has 2 rings (SSSR count). The van der Waals surface area contributed by atoms with Gasteiger partial charge < -0.3 is 10.2 Å². The molecule has 1 aliphatic carbocycles. The van der Waals surface area contributed by atoms with Crippen LogP contribution in [0.25, 0.3) is 0 Å². The second-order valence-corrected chi connectivity index (χ2v) is 6.59. The summed E-state index contributed by atoms with van der Waals surface area (Å²) < 4.78 is 0. The third-order valence-electron chi connectivity index (χ3n) is 4.34. The summed E-state index contributed by atoms with van der Waals surface area (Å²) >= 11 is 6.32. The second kappa shape index (κ2) is 7.21. The summed E-state index contributed by atoms with van der Waals surface area (Å²) in [6.45, 7) is 2.29. The molecule has 0 amide bonds. The smallest absolute Gasteiger partial charge is 0.0786 e. The van der Waals surface area contributed by atoms with E-state index in [9.17, 15) is 0 Å². The summed E-state index contributed by atoms with van der Waals surface area (Å²) in [7, 11) is 4.09. The number of hydrogen-bond acceptors (Lipinski definition) is 2. The zero-order valence-corrected chi connectivity index (χ0v) is 13.7. The van der Waals surface area contributed by atoms with Crippen molar-refractivity contribution in [2.24, 2.45) is 5.92 Å². The van der Waals surface area contributed by atoms with Gasteiger partial charge in [0.1, 0.15) is 0 Å². The zero-order chi connectivity index (χ0) is 14.5. The van der Waals surface area contributed by atoms with E-state index in [0.717, 1.165) is 16.6 Å². The van der Waals surface area contributed by atoms with Crippen molar-refractivity contribution in [3.8, 4) is 0 Å². The molecule has 0 saturated heterocycles. The molecule has 2 nitrogen and oxygen atoms in total. The van der Waals surface area contributed by atoms with Crippen LogP contribution >= 0.6 is 11.6 Å². The summed E-state index contributed by atoms with van der Waals surface area (Å²) in [4.78, 5) is 2.09. The molecule has 1 aromatic carbocycles. The Bertz CT molecular complexity index is 423. The van der Waals surface area contributed by atoms with Crippen LogP contribution in [0, 0.1) is 5.92 Å². The first-order valence-electron chi connectivity index (χ1n) is 7.84. The fraction of sp³-hybridized carbons (Fsp3) is 0.647. The van der Waals surface area contributed by atoms with Crippen molar-refractivity contribution in [2.45, 2.75) is 51.5 Å². The van der Waals surface area contributed by atoms with Gasteiger partial charge in [0.25, 0.3) is 0 Å². The van der Waals surface area contributed by atoms with Gasteiger partial charge in [0.15, 0.2) is 0 Å². The van der Waals surface area contributed by atoms with Gasteiger partial charge in [0.05, 0.1) is 16.4 Å². The van der Waals surface area contributed by atoms with E-state index < -0.39 is 0 Å². The van der Waals surface area contributed by atoms with Crippen molar-refractivity contribution in [1.82, 2.24) is 0 Å². The summed E-state index contributed by atoms with van der Waals surface area (Å²) in [6, 6.07) is 6.72. The van der Waals surface area contributed by atoms with E-state index in [1.165, 1.54) is 44.2 Å². The minimum absolute atomic E-state index is 0.597. The maximum atomic E-state index is 6.32. The second-order valence-electron chi connectivity index (χ2n) is 6.18. The third-order valence-corrected chi connectivity index (χ3v) is 4.64. The molecule has 1 aliphatic rings. The lowest BCUT2D eigenvalue weighted by atomic mass is 9.83. The molecular weight excluding hydrogens is 268 g/mol. The van der Waals surface area contributed by atoms with E-state index in [4.69, 9.17) is 11.6 Å². The first-order chi connectivity index (χ1) is 9.61. The Morgan fingerprint density at radius 2 is 1.90 bits per heavy atom. The maximum absolute atomic E-state index is 6.32. The Balaban J connectivity index is 1.99. The van der Waals surface area contributed by atoms with Crippen LogP contribution < -0.4 is 10.2 Å². The van der Waals surface area contributed by atoms with Crippen LogP contribution in [0.15, 0.2) is 18.2 Å². The van der Waals surface area contributed by atoms with Crippen LogP contribution in [0.2, 0.25) is 5.02 Å². The molecule has 0 atom stereocenters. The molecule has 0 aliphatic heterocycles. The van der Waals surface area contributed by atoms with Crippen LogP contribution in [-0.2, 0) is 0 Å². The van der Waals surface area contributed by atoms with Crippen LogP contribution in [0.1, 0.15) is 45.4 Å². The number of rotatable bonds is 5. The number of benzene rings is 1. The average molecular weight is 295 g/mol. The molecule has 0 heterocycles. The molecule has 0 radical (unpaired) electrons. The van der Waals surface area contributed by atoms with E-state index in [1.807, 2.05) is 26.2 Å². The summed E-state index contributed by atoms with van der Waals surface area (Å²) in [5.74, 6) is 0.950. The van der Waals surface area contributed by atoms with Crippen molar-refractivity contribution in [3.63, 3.8) is 0 Å². The van der Waals surface area contributed by atoms with Crippen molar-refractivity contribution < 1.29 is 0 Å². The van der Waals surface area contributed by atoms with Gasteiger partial charge in [-0.1, -0.05) is 37.4 Å². The molecule has 0 spiro atoms. The van der Waals surface area contributed by atoms with E-state index >= 15 is 0 Å². The molecule has 112 valence electrons. The Kier molecular flexibility index (Phi) is 5.59. The van der Waals surface area contributed by atoms with Crippen LogP contribution in [0.3, 0.4) is 0 Å². The summed E-state index contributed by atoms with van der Waals surface area (Å²) in [5.41, 5.74) is 2.27. The number of nitrogens with one attached hydrogen (secondary N) is 1. The summed E-state index contributed by atoms with van der Waals surface area (Å²) in [6.07, 6.45) is 8.01. The molecule has 20 heavy (non-hydrogen) atoms. The van der Waals surface area contributed by atoms with E-state index in [0.29, 0.717) is 6.04 Å². The number of para-hydroxylation sites is 1. The monoisotopic (exact) mass is 294 g/mol. The van der Waals surface area contributed by atoms with Crippen LogP contribution in [0.4, 0.5) is 11.4 Å². The largest absolute Gasteiger partial charge is 0.381 e. The fourth-order valence-electron chi connectivity index (χ4n) is 3.31. The van der Waals surface area contributed by atoms with Gasteiger partial charge in [-0.05, 0) is 43.7 Å². The van der Waals surface area contributed by atoms with E-state index in [-0.39, 0.29) is 0 Å². The van der Waals surface area contributed by atoms with Gasteiger partial charge in [0, 0.05) is 20.1 Å². The molecule has 0 bridgehead atoms. The fourth-order valence-corrected chi connectivity index (χ4v) is 3.65. The SMILES string of the molecule is CCCC1CCC(Nc2cccc(Cl)c2N(C)C)CC1. The molecule has 0 unspecified atom stereocenters. The van der Waals surface area contributed by atoms with Gasteiger partial charge in [-0.2, -0.15) is 0 Å². The molecule has 1 fully saturated rings. The standard InChI is InChI=1S/C17H27ClN2/c1-4-6-13-9-11-14(12-10-13)19-16-8-5-7-15(18)17(16)20(2)3/h5,7-8,13-14,19H,4,6,9-12H2,1-3H3. The van der Waals surface area contributed by atoms with Crippen molar-refractivity contribution in [3.05, 3.63) is 23.2 Å². The highest BCUT2D eigenvalue weighted by Gasteiger charge is 2.21. The van der Waals surface area contributed by atoms with E-state index in [1.54, 1.807) is 0 Å². The molecule has 0 aromatic heterocycles. The molecular formula is C17H27ClN2. The predicted molar refractivity (Wildman–Crippen MR) is 90.1 cm³/mol. The lowest BCUT2D eigenvalue weighted by molar-refractivity contribution is 0.319. The number of halogens is 1. The normalized spacial score (nSPS) is 22.6. The number of hydrogen-bond donors (Lipinski definition) is 1. The summed E-state index contributed by atoms with van der Waals surface area (Å²) in [5, 5.41) is 4.53. The highest BCUT2D eigenvalue weighted by atomic mass is 35.5. The van der Waals surface area contributed by atoms with Crippen molar-refractivity contribution in [1.29, 1.82) is 0 Å². The Morgan fingerprint density at radius 3 is 2.50 bits per heavy atom. The third kappa shape index (κ3) is 3.82. The van der Waals surface area contributed by atoms with Crippen molar-refractivity contribution >= 4 is 23.0 Å². The molecule has 3 heteroatoms. The minimum atomic E-state index is 0.597. The Morgan fingerprint density at radius 1 is 1.20 bits per heavy atom. The van der Waals surface area contributed by atoms with Gasteiger partial charge in [-0.3, -0.25) is 0 Å². The van der Waals surface area contributed by atoms with Crippen LogP contribution in [-0.4, -0.2) is 20.1 Å². The Labute approximate surface area is 128 Å². The first-order valence-corrected chi connectivity index (χ1v) is 8.22. The molecule has 1 aromatic rings. The Hall–Kier alpha value is -0.890. The lowest BCUT2D eigenvalue weighted by Gasteiger charge is -2.31. The first kappa shape index (κ1) is 15.5. The van der Waals surface area contributed by atoms with E-state index in [2.05, 4.69) is 23.2 Å². The van der Waals surface area contributed by atoms with Gasteiger partial charge in [-0.15, -0.1) is 0 Å². The van der Waals surface area contributed by atoms with Crippen LogP contribution in [0.5, 0.6) is 0 Å². The highest BCUT2D eigenvalue weighted by Crippen LogP contribution is 2.35. The predicted octanol–water partition coefficient (Wildman–Crippen LogP) is 5.18. The maximum Gasteiger partial charge on any atom is 0.0786 e. The van der Waals surface area contributed by atoms with Gasteiger partial charge >= 0.3 is 0 Å². The lowest BCUT2D eigenvalue weighted by Crippen LogP contribution is -2.27. The van der Waals surface area contributed by atoms with Crippen molar-refractivity contribution in [2.75, 3.05) is 24.3 Å². The molecule has 1 N–H and O–H groups in total. The topological polar surface area (TPSA) is 15.3 Å².